The largest absolute Gasteiger partial charge is 0.468 e. The van der Waals surface area contributed by atoms with Crippen molar-refractivity contribution in [2.24, 2.45) is 11.8 Å². The number of hydrogen-bond acceptors (Lipinski definition) is 3. The van der Waals surface area contributed by atoms with Gasteiger partial charge in [0.15, 0.2) is 0 Å². The van der Waals surface area contributed by atoms with Crippen molar-refractivity contribution in [1.29, 1.82) is 0 Å². The predicted octanol–water partition coefficient (Wildman–Crippen LogP) is 2.38. The second kappa shape index (κ2) is 6.19. The van der Waals surface area contributed by atoms with Crippen molar-refractivity contribution >= 4 is 17.6 Å². The van der Waals surface area contributed by atoms with Crippen molar-refractivity contribution in [1.82, 2.24) is 0 Å². The number of hydrogen-bond donors (Lipinski definition) is 1. The Balaban J connectivity index is 2.79. The zero-order valence-corrected chi connectivity index (χ0v) is 11.2. The van der Waals surface area contributed by atoms with Gasteiger partial charge in [-0.3, -0.25) is 9.59 Å². The molecule has 0 aliphatic carbocycles. The maximum atomic E-state index is 12.0. The number of carbonyl (C=O) groups is 2. The minimum atomic E-state index is -0.781. The van der Waals surface area contributed by atoms with Crippen LogP contribution in [0.1, 0.15) is 19.4 Å². The van der Waals surface area contributed by atoms with E-state index in [0.29, 0.717) is 5.69 Å². The number of ether oxygens (including phenoxy) is 1. The summed E-state index contributed by atoms with van der Waals surface area (Å²) in [5, 5.41) is 2.73. The van der Waals surface area contributed by atoms with E-state index in [1.165, 1.54) is 7.11 Å². The maximum absolute atomic E-state index is 12.0. The van der Waals surface area contributed by atoms with E-state index in [2.05, 4.69) is 10.1 Å². The van der Waals surface area contributed by atoms with Crippen LogP contribution in [-0.4, -0.2) is 19.0 Å². The van der Waals surface area contributed by atoms with Crippen molar-refractivity contribution in [3.63, 3.8) is 0 Å². The summed E-state index contributed by atoms with van der Waals surface area (Å²) in [7, 11) is 1.29. The molecule has 18 heavy (non-hydrogen) atoms. The van der Waals surface area contributed by atoms with Crippen molar-refractivity contribution in [2.75, 3.05) is 12.4 Å². The Labute approximate surface area is 107 Å². The molecule has 1 unspecified atom stereocenters. The number of nitrogens with one attached hydrogen (secondary N) is 1. The van der Waals surface area contributed by atoms with E-state index in [1.54, 1.807) is 0 Å². The van der Waals surface area contributed by atoms with Gasteiger partial charge in [-0.15, -0.1) is 0 Å². The highest BCUT2D eigenvalue weighted by atomic mass is 16.5. The molecule has 0 saturated heterocycles. The molecule has 98 valence electrons. The first-order chi connectivity index (χ1) is 8.45. The maximum Gasteiger partial charge on any atom is 0.318 e. The van der Waals surface area contributed by atoms with E-state index < -0.39 is 11.9 Å². The molecule has 0 bridgehead atoms. The van der Waals surface area contributed by atoms with E-state index in [0.717, 1.165) is 5.56 Å². The minimum absolute atomic E-state index is 0.108. The second-order valence-electron chi connectivity index (χ2n) is 4.60. The number of methoxy groups -OCH3 is 1. The summed E-state index contributed by atoms with van der Waals surface area (Å²) < 4.78 is 4.65. The lowest BCUT2D eigenvalue weighted by Gasteiger charge is -2.17. The Bertz CT molecular complexity index is 423. The summed E-state index contributed by atoms with van der Waals surface area (Å²) in [6.45, 7) is 5.60. The normalized spacial score (nSPS) is 12.1. The van der Waals surface area contributed by atoms with Gasteiger partial charge in [0.1, 0.15) is 5.92 Å². The molecule has 1 aromatic carbocycles. The van der Waals surface area contributed by atoms with Crippen LogP contribution in [0.5, 0.6) is 0 Å². The fourth-order valence-electron chi connectivity index (χ4n) is 1.67. The van der Waals surface area contributed by atoms with Gasteiger partial charge in [0.05, 0.1) is 7.11 Å². The predicted molar refractivity (Wildman–Crippen MR) is 70.2 cm³/mol. The van der Waals surface area contributed by atoms with E-state index in [-0.39, 0.29) is 11.8 Å². The fourth-order valence-corrected chi connectivity index (χ4v) is 1.67. The first-order valence-corrected chi connectivity index (χ1v) is 5.91. The second-order valence-corrected chi connectivity index (χ2v) is 4.60. The van der Waals surface area contributed by atoms with Crippen molar-refractivity contribution in [2.45, 2.75) is 20.8 Å². The summed E-state index contributed by atoms with van der Waals surface area (Å²) in [6.07, 6.45) is 0. The molecular formula is C14H19NO3. The summed E-state index contributed by atoms with van der Waals surface area (Å²) in [5.41, 5.74) is 1.79. The third kappa shape index (κ3) is 3.58. The van der Waals surface area contributed by atoms with Gasteiger partial charge in [0, 0.05) is 5.69 Å². The van der Waals surface area contributed by atoms with Crippen LogP contribution in [0.4, 0.5) is 5.69 Å². The molecule has 0 heterocycles. The molecule has 0 aromatic heterocycles. The van der Waals surface area contributed by atoms with Crippen LogP contribution >= 0.6 is 0 Å². The first-order valence-electron chi connectivity index (χ1n) is 5.91. The number of rotatable bonds is 4. The molecule has 0 radical (unpaired) electrons. The number of esters is 1. The lowest BCUT2D eigenvalue weighted by atomic mass is 9.95. The molecule has 0 saturated carbocycles. The Morgan fingerprint density at radius 2 is 1.72 bits per heavy atom. The summed E-state index contributed by atoms with van der Waals surface area (Å²) in [6, 6.07) is 7.42. The SMILES string of the molecule is COC(=O)C(C(=O)Nc1ccc(C)cc1)C(C)C. The lowest BCUT2D eigenvalue weighted by Crippen LogP contribution is -2.34. The molecule has 4 nitrogen and oxygen atoms in total. The van der Waals surface area contributed by atoms with Gasteiger partial charge in [-0.05, 0) is 25.0 Å². The third-order valence-electron chi connectivity index (χ3n) is 2.72. The molecule has 4 heteroatoms. The van der Waals surface area contributed by atoms with Crippen molar-refractivity contribution < 1.29 is 14.3 Å². The van der Waals surface area contributed by atoms with E-state index in [9.17, 15) is 9.59 Å². The van der Waals surface area contributed by atoms with Crippen LogP contribution in [0.15, 0.2) is 24.3 Å². The number of anilines is 1. The number of aryl methyl sites for hydroxylation is 1. The Morgan fingerprint density at radius 3 is 2.17 bits per heavy atom. The Kier molecular flexibility index (Phi) is 4.89. The molecule has 1 amide bonds. The van der Waals surface area contributed by atoms with Crippen LogP contribution in [0.3, 0.4) is 0 Å². The summed E-state index contributed by atoms with van der Waals surface area (Å²) in [4.78, 5) is 23.6. The zero-order valence-electron chi connectivity index (χ0n) is 11.2. The van der Waals surface area contributed by atoms with Crippen LogP contribution in [0.25, 0.3) is 0 Å². The van der Waals surface area contributed by atoms with E-state index >= 15 is 0 Å². The molecular weight excluding hydrogens is 230 g/mol. The number of amides is 1. The smallest absolute Gasteiger partial charge is 0.318 e. The Morgan fingerprint density at radius 1 is 1.17 bits per heavy atom. The summed E-state index contributed by atoms with van der Waals surface area (Å²) >= 11 is 0. The van der Waals surface area contributed by atoms with Gasteiger partial charge >= 0.3 is 5.97 Å². The third-order valence-corrected chi connectivity index (χ3v) is 2.72. The highest BCUT2D eigenvalue weighted by Gasteiger charge is 2.30. The minimum Gasteiger partial charge on any atom is -0.468 e. The first kappa shape index (κ1) is 14.2. The van der Waals surface area contributed by atoms with Gasteiger partial charge in [0.2, 0.25) is 5.91 Å². The average Bonchev–Trinajstić information content (AvgIpc) is 2.31. The molecule has 1 N–H and O–H groups in total. The Hall–Kier alpha value is -1.84. The molecule has 0 fully saturated rings. The highest BCUT2D eigenvalue weighted by Crippen LogP contribution is 2.16. The molecule has 1 atom stereocenters. The van der Waals surface area contributed by atoms with Gasteiger partial charge in [0.25, 0.3) is 0 Å². The molecule has 0 aliphatic rings. The molecule has 0 spiro atoms. The van der Waals surface area contributed by atoms with E-state index in [1.807, 2.05) is 45.0 Å². The number of benzene rings is 1. The molecule has 0 aliphatic heterocycles. The summed E-state index contributed by atoms with van der Waals surface area (Å²) in [5.74, 6) is -1.73. The number of carbonyl (C=O) groups excluding carboxylic acids is 2. The van der Waals surface area contributed by atoms with Crippen LogP contribution in [0, 0.1) is 18.8 Å². The van der Waals surface area contributed by atoms with Crippen molar-refractivity contribution in [3.8, 4) is 0 Å². The topological polar surface area (TPSA) is 55.4 Å². The van der Waals surface area contributed by atoms with Gasteiger partial charge in [-0.1, -0.05) is 31.5 Å². The average molecular weight is 249 g/mol. The van der Waals surface area contributed by atoms with Crippen LogP contribution in [0.2, 0.25) is 0 Å². The van der Waals surface area contributed by atoms with Crippen molar-refractivity contribution in [3.05, 3.63) is 29.8 Å². The molecule has 1 rings (SSSR count). The zero-order chi connectivity index (χ0) is 13.7. The lowest BCUT2D eigenvalue weighted by molar-refractivity contribution is -0.150. The monoisotopic (exact) mass is 249 g/mol. The van der Waals surface area contributed by atoms with Gasteiger partial charge in [-0.25, -0.2) is 0 Å². The standard InChI is InChI=1S/C14H19NO3/c1-9(2)12(14(17)18-4)13(16)15-11-7-5-10(3)6-8-11/h5-9,12H,1-4H3,(H,15,16). The van der Waals surface area contributed by atoms with E-state index in [4.69, 9.17) is 0 Å². The van der Waals surface area contributed by atoms with Crippen LogP contribution in [-0.2, 0) is 14.3 Å². The van der Waals surface area contributed by atoms with Gasteiger partial charge < -0.3 is 10.1 Å². The highest BCUT2D eigenvalue weighted by molar-refractivity contribution is 6.04. The van der Waals surface area contributed by atoms with Crippen LogP contribution < -0.4 is 5.32 Å². The fraction of sp³-hybridized carbons (Fsp3) is 0.429. The molecule has 1 aromatic rings. The van der Waals surface area contributed by atoms with Gasteiger partial charge in [-0.2, -0.15) is 0 Å². The quantitative estimate of drug-likeness (QED) is 0.658.